The van der Waals surface area contributed by atoms with Crippen LogP contribution in [0.2, 0.25) is 0 Å². The molecule has 2 aromatic rings. The lowest BCUT2D eigenvalue weighted by Crippen LogP contribution is -2.47. The first kappa shape index (κ1) is 19.8. The van der Waals surface area contributed by atoms with Gasteiger partial charge < -0.3 is 10.2 Å². The zero-order valence-electron chi connectivity index (χ0n) is 16.4. The van der Waals surface area contributed by atoms with Gasteiger partial charge in [0, 0.05) is 44.5 Å². The summed E-state index contributed by atoms with van der Waals surface area (Å²) < 4.78 is 0. The van der Waals surface area contributed by atoms with E-state index in [1.54, 1.807) is 47.5 Å². The Morgan fingerprint density at radius 3 is 2.27 bits per heavy atom. The Balaban J connectivity index is 1.25. The van der Waals surface area contributed by atoms with Crippen molar-refractivity contribution in [1.29, 1.82) is 0 Å². The summed E-state index contributed by atoms with van der Waals surface area (Å²) in [4.78, 5) is 56.4. The first-order valence-corrected chi connectivity index (χ1v) is 9.98. The topological polar surface area (TPSA) is 99.7 Å². The maximum absolute atomic E-state index is 12.6. The second-order valence-corrected chi connectivity index (χ2v) is 7.43. The molecule has 1 aromatic heterocycles. The summed E-state index contributed by atoms with van der Waals surface area (Å²) in [7, 11) is 0. The fraction of sp³-hybridized carbons (Fsp3) is 0.318. The van der Waals surface area contributed by atoms with Gasteiger partial charge in [-0.2, -0.15) is 0 Å². The molecule has 2 aliphatic heterocycles. The highest BCUT2D eigenvalue weighted by atomic mass is 16.2. The smallest absolute Gasteiger partial charge is 0.261 e. The molecule has 0 aliphatic carbocycles. The van der Waals surface area contributed by atoms with Crippen molar-refractivity contribution in [3.63, 3.8) is 0 Å². The Labute approximate surface area is 173 Å². The number of pyridine rings is 1. The number of hydrogen-bond donors (Lipinski definition) is 1. The number of rotatable bonds is 5. The molecule has 0 radical (unpaired) electrons. The molecule has 8 heteroatoms. The van der Waals surface area contributed by atoms with E-state index in [2.05, 4.69) is 10.3 Å². The van der Waals surface area contributed by atoms with Crippen molar-refractivity contribution < 1.29 is 19.2 Å². The third kappa shape index (κ3) is 3.94. The summed E-state index contributed by atoms with van der Waals surface area (Å²) in [6.45, 7) is 1.13. The quantitative estimate of drug-likeness (QED) is 0.759. The molecule has 30 heavy (non-hydrogen) atoms. The molecule has 4 rings (SSSR count). The Morgan fingerprint density at radius 2 is 1.67 bits per heavy atom. The van der Waals surface area contributed by atoms with Crippen LogP contribution in [0.15, 0.2) is 48.8 Å². The van der Waals surface area contributed by atoms with E-state index in [1.807, 2.05) is 0 Å². The number of imide groups is 1. The maximum atomic E-state index is 12.6. The van der Waals surface area contributed by atoms with Crippen molar-refractivity contribution in [3.8, 4) is 0 Å². The number of nitrogens with one attached hydrogen (secondary N) is 1. The van der Waals surface area contributed by atoms with E-state index in [0.29, 0.717) is 42.6 Å². The first-order chi connectivity index (χ1) is 14.5. The number of carbonyl (C=O) groups excluding carboxylic acids is 4. The fourth-order valence-electron chi connectivity index (χ4n) is 3.85. The number of carbonyl (C=O) groups is 4. The Hall–Kier alpha value is -3.55. The predicted octanol–water partition coefficient (Wildman–Crippen LogP) is 1.49. The van der Waals surface area contributed by atoms with E-state index in [4.69, 9.17) is 0 Å². The second kappa shape index (κ2) is 8.44. The highest BCUT2D eigenvalue weighted by molar-refractivity contribution is 6.21. The van der Waals surface area contributed by atoms with Crippen LogP contribution < -0.4 is 5.32 Å². The normalized spacial score (nSPS) is 16.5. The summed E-state index contributed by atoms with van der Waals surface area (Å²) in [5, 5.41) is 2.98. The number of nitrogens with zero attached hydrogens (tertiary/aromatic N) is 3. The number of piperidine rings is 1. The van der Waals surface area contributed by atoms with Crippen molar-refractivity contribution in [2.75, 3.05) is 19.6 Å². The van der Waals surface area contributed by atoms with Gasteiger partial charge in [0.05, 0.1) is 16.7 Å². The van der Waals surface area contributed by atoms with Crippen LogP contribution in [0.25, 0.3) is 0 Å². The molecule has 0 bridgehead atoms. The first-order valence-electron chi connectivity index (χ1n) is 9.98. The molecule has 2 aliphatic rings. The molecule has 4 amide bonds. The number of likely N-dealkylation sites (tertiary alicyclic amines) is 1. The Morgan fingerprint density at radius 1 is 1.00 bits per heavy atom. The third-order valence-electron chi connectivity index (χ3n) is 5.53. The standard InChI is InChI=1S/C22H22N4O4/c27-19(9-13-26-21(29)17-5-1-2-6-18(17)22(26)30)25-11-7-16(8-12-25)24-20(28)15-4-3-10-23-14-15/h1-6,10,14,16H,7-9,11-13H2,(H,24,28). The number of aromatic nitrogens is 1. The minimum Gasteiger partial charge on any atom is -0.349 e. The van der Waals surface area contributed by atoms with E-state index in [1.165, 1.54) is 6.20 Å². The lowest BCUT2D eigenvalue weighted by molar-refractivity contribution is -0.132. The molecule has 1 saturated heterocycles. The van der Waals surface area contributed by atoms with Gasteiger partial charge in [-0.15, -0.1) is 0 Å². The number of amides is 4. The number of benzene rings is 1. The van der Waals surface area contributed by atoms with Crippen LogP contribution in [0.4, 0.5) is 0 Å². The molecule has 1 N–H and O–H groups in total. The summed E-state index contributed by atoms with van der Waals surface area (Å²) in [5.74, 6) is -0.956. The zero-order chi connectivity index (χ0) is 21.1. The summed E-state index contributed by atoms with van der Waals surface area (Å²) >= 11 is 0. The van der Waals surface area contributed by atoms with Gasteiger partial charge in [0.25, 0.3) is 17.7 Å². The number of hydrogen-bond acceptors (Lipinski definition) is 5. The van der Waals surface area contributed by atoms with Crippen molar-refractivity contribution in [2.24, 2.45) is 0 Å². The lowest BCUT2D eigenvalue weighted by atomic mass is 10.0. The summed E-state index contributed by atoms with van der Waals surface area (Å²) in [5.41, 5.74) is 1.29. The largest absolute Gasteiger partial charge is 0.349 e. The molecular weight excluding hydrogens is 384 g/mol. The van der Waals surface area contributed by atoms with Crippen molar-refractivity contribution in [1.82, 2.24) is 20.1 Å². The zero-order valence-corrected chi connectivity index (χ0v) is 16.4. The molecule has 8 nitrogen and oxygen atoms in total. The second-order valence-electron chi connectivity index (χ2n) is 7.43. The van der Waals surface area contributed by atoms with Gasteiger partial charge in [-0.25, -0.2) is 0 Å². The average Bonchev–Trinajstić information content (AvgIpc) is 3.03. The molecule has 0 unspecified atom stereocenters. The van der Waals surface area contributed by atoms with Crippen LogP contribution in [0, 0.1) is 0 Å². The highest BCUT2D eigenvalue weighted by Gasteiger charge is 2.35. The minimum atomic E-state index is -0.347. The maximum Gasteiger partial charge on any atom is 0.261 e. The van der Waals surface area contributed by atoms with Gasteiger partial charge in [0.15, 0.2) is 0 Å². The van der Waals surface area contributed by atoms with E-state index in [-0.39, 0.29) is 42.6 Å². The van der Waals surface area contributed by atoms with Crippen LogP contribution in [0.3, 0.4) is 0 Å². The van der Waals surface area contributed by atoms with E-state index >= 15 is 0 Å². The molecule has 0 spiro atoms. The fourth-order valence-corrected chi connectivity index (χ4v) is 3.85. The van der Waals surface area contributed by atoms with E-state index in [9.17, 15) is 19.2 Å². The van der Waals surface area contributed by atoms with Crippen LogP contribution in [0.1, 0.15) is 50.3 Å². The van der Waals surface area contributed by atoms with Crippen molar-refractivity contribution >= 4 is 23.6 Å². The molecule has 0 saturated carbocycles. The van der Waals surface area contributed by atoms with Crippen molar-refractivity contribution in [3.05, 3.63) is 65.5 Å². The van der Waals surface area contributed by atoms with Crippen LogP contribution >= 0.6 is 0 Å². The van der Waals surface area contributed by atoms with Gasteiger partial charge in [0.2, 0.25) is 5.91 Å². The summed E-state index contributed by atoms with van der Waals surface area (Å²) in [6.07, 6.45) is 4.55. The molecule has 0 atom stereocenters. The molecular formula is C22H22N4O4. The van der Waals surface area contributed by atoms with Crippen LogP contribution in [0.5, 0.6) is 0 Å². The van der Waals surface area contributed by atoms with E-state index < -0.39 is 0 Å². The van der Waals surface area contributed by atoms with Crippen LogP contribution in [-0.2, 0) is 4.79 Å². The SMILES string of the molecule is O=C(NC1CCN(C(=O)CCN2C(=O)c3ccccc3C2=O)CC1)c1cccnc1. The van der Waals surface area contributed by atoms with Gasteiger partial charge in [0.1, 0.15) is 0 Å². The highest BCUT2D eigenvalue weighted by Crippen LogP contribution is 2.22. The molecule has 154 valence electrons. The predicted molar refractivity (Wildman–Crippen MR) is 108 cm³/mol. The molecule has 3 heterocycles. The lowest BCUT2D eigenvalue weighted by Gasteiger charge is -2.32. The number of fused-ring (bicyclic) bond motifs is 1. The van der Waals surface area contributed by atoms with Gasteiger partial charge in [-0.1, -0.05) is 12.1 Å². The Bertz CT molecular complexity index is 949. The minimum absolute atomic E-state index is 0.00186. The monoisotopic (exact) mass is 406 g/mol. The van der Waals surface area contributed by atoms with Gasteiger partial charge in [-0.3, -0.25) is 29.1 Å². The Kier molecular flexibility index (Phi) is 5.56. The van der Waals surface area contributed by atoms with Gasteiger partial charge in [-0.05, 0) is 37.1 Å². The summed E-state index contributed by atoms with van der Waals surface area (Å²) in [6, 6.07) is 10.1. The average molecular weight is 406 g/mol. The van der Waals surface area contributed by atoms with E-state index in [0.717, 1.165) is 4.90 Å². The molecule has 1 aromatic carbocycles. The third-order valence-corrected chi connectivity index (χ3v) is 5.53. The van der Waals surface area contributed by atoms with Gasteiger partial charge >= 0.3 is 0 Å². The molecule has 1 fully saturated rings. The van der Waals surface area contributed by atoms with Crippen LogP contribution in [-0.4, -0.2) is 64.1 Å². The van der Waals surface area contributed by atoms with Crippen molar-refractivity contribution in [2.45, 2.75) is 25.3 Å².